The molecule has 9 heteroatoms. The van der Waals surface area contributed by atoms with E-state index in [0.29, 0.717) is 10.8 Å². The maximum atomic E-state index is 6.28. The number of hydrogen-bond acceptors (Lipinski definition) is 6. The van der Waals surface area contributed by atoms with Gasteiger partial charge in [0.1, 0.15) is 5.01 Å². The number of aromatic amines is 1. The lowest BCUT2D eigenvalue weighted by molar-refractivity contribution is 0.885. The minimum Gasteiger partial charge on any atom is -0.333 e. The Morgan fingerprint density at radius 3 is 2.81 bits per heavy atom. The molecule has 0 saturated carbocycles. The van der Waals surface area contributed by atoms with Crippen molar-refractivity contribution in [1.82, 2.24) is 29.8 Å². The fourth-order valence-electron chi connectivity index (χ4n) is 2.62. The molecule has 128 valence electrons. The first-order valence-electron chi connectivity index (χ1n) is 7.81. The largest absolute Gasteiger partial charge is 0.333 e. The van der Waals surface area contributed by atoms with Crippen LogP contribution in [0.5, 0.6) is 0 Å². The Kier molecular flexibility index (Phi) is 3.88. The van der Waals surface area contributed by atoms with Crippen LogP contribution in [0.3, 0.4) is 0 Å². The van der Waals surface area contributed by atoms with Gasteiger partial charge in [-0.3, -0.25) is 0 Å². The number of fused-ring (bicyclic) bond motifs is 2. The zero-order chi connectivity index (χ0) is 17.5. The van der Waals surface area contributed by atoms with Crippen LogP contribution in [-0.2, 0) is 5.75 Å². The number of halogens is 1. The van der Waals surface area contributed by atoms with Gasteiger partial charge >= 0.3 is 0 Å². The summed E-state index contributed by atoms with van der Waals surface area (Å²) in [6.45, 7) is 0. The highest BCUT2D eigenvalue weighted by molar-refractivity contribution is 7.98. The molecule has 0 amide bonds. The molecule has 3 heterocycles. The van der Waals surface area contributed by atoms with Gasteiger partial charge in [0.25, 0.3) is 0 Å². The molecular weight excluding hydrogens is 388 g/mol. The molecule has 0 spiro atoms. The fraction of sp³-hybridized carbons (Fsp3) is 0.0588. The Morgan fingerprint density at radius 2 is 1.92 bits per heavy atom. The van der Waals surface area contributed by atoms with E-state index < -0.39 is 0 Å². The number of benzene rings is 2. The molecule has 0 saturated heterocycles. The number of hydrogen-bond donors (Lipinski definition) is 1. The predicted octanol–water partition coefficient (Wildman–Crippen LogP) is 4.67. The molecule has 26 heavy (non-hydrogen) atoms. The lowest BCUT2D eigenvalue weighted by atomic mass is 10.2. The van der Waals surface area contributed by atoms with Crippen molar-refractivity contribution < 1.29 is 0 Å². The van der Waals surface area contributed by atoms with Gasteiger partial charge < -0.3 is 4.98 Å². The van der Waals surface area contributed by atoms with E-state index in [-0.39, 0.29) is 0 Å². The summed E-state index contributed by atoms with van der Waals surface area (Å²) in [5, 5.41) is 15.5. The van der Waals surface area contributed by atoms with Crippen molar-refractivity contribution in [3.8, 4) is 10.6 Å². The van der Waals surface area contributed by atoms with E-state index in [1.54, 1.807) is 16.3 Å². The van der Waals surface area contributed by atoms with Crippen LogP contribution in [0.1, 0.15) is 5.82 Å². The van der Waals surface area contributed by atoms with Crippen LogP contribution in [0.2, 0.25) is 5.02 Å². The molecule has 0 aliphatic rings. The van der Waals surface area contributed by atoms with E-state index in [2.05, 4.69) is 25.3 Å². The summed E-state index contributed by atoms with van der Waals surface area (Å²) in [6.07, 6.45) is 0. The predicted molar refractivity (Wildman–Crippen MR) is 105 cm³/mol. The van der Waals surface area contributed by atoms with Gasteiger partial charge in [0, 0.05) is 5.56 Å². The third-order valence-electron chi connectivity index (χ3n) is 3.87. The molecule has 0 unspecified atom stereocenters. The van der Waals surface area contributed by atoms with Gasteiger partial charge in [0.2, 0.25) is 4.96 Å². The first-order valence-corrected chi connectivity index (χ1v) is 9.99. The SMILES string of the molecule is Clc1ccccc1-c1nn2c(CSc3nc4ccccc4[nH]3)nnc2s1. The number of H-pyrrole nitrogens is 1. The van der Waals surface area contributed by atoms with Gasteiger partial charge in [-0.05, 0) is 18.2 Å². The minimum absolute atomic E-state index is 0.618. The van der Waals surface area contributed by atoms with Gasteiger partial charge in [-0.15, -0.1) is 10.2 Å². The molecule has 0 atom stereocenters. The molecule has 2 aromatic carbocycles. The first-order chi connectivity index (χ1) is 12.8. The van der Waals surface area contributed by atoms with Crippen LogP contribution in [0.15, 0.2) is 53.7 Å². The summed E-state index contributed by atoms with van der Waals surface area (Å²) in [4.78, 5) is 8.63. The molecule has 0 aliphatic heterocycles. The highest BCUT2D eigenvalue weighted by Crippen LogP contribution is 2.31. The van der Waals surface area contributed by atoms with E-state index in [9.17, 15) is 0 Å². The third kappa shape index (κ3) is 2.76. The quantitative estimate of drug-likeness (QED) is 0.445. The van der Waals surface area contributed by atoms with Gasteiger partial charge in [-0.1, -0.05) is 65.0 Å². The zero-order valence-electron chi connectivity index (χ0n) is 13.3. The van der Waals surface area contributed by atoms with Gasteiger partial charge in [0.15, 0.2) is 11.0 Å². The van der Waals surface area contributed by atoms with E-state index in [0.717, 1.165) is 37.5 Å². The smallest absolute Gasteiger partial charge is 0.235 e. The van der Waals surface area contributed by atoms with Crippen LogP contribution in [0.25, 0.3) is 26.6 Å². The molecule has 0 aliphatic carbocycles. The maximum Gasteiger partial charge on any atom is 0.235 e. The maximum absolute atomic E-state index is 6.28. The van der Waals surface area contributed by atoms with Gasteiger partial charge in [-0.2, -0.15) is 9.61 Å². The Hall–Kier alpha value is -2.42. The normalized spacial score (nSPS) is 11.6. The molecular formula is C17H11ClN6S2. The average Bonchev–Trinajstić information content (AvgIpc) is 3.34. The Bertz CT molecular complexity index is 1190. The Balaban J connectivity index is 1.43. The van der Waals surface area contributed by atoms with Crippen LogP contribution in [-0.4, -0.2) is 29.8 Å². The van der Waals surface area contributed by atoms with E-state index in [1.165, 1.54) is 11.3 Å². The summed E-state index contributed by atoms with van der Waals surface area (Å²) in [5.74, 6) is 1.40. The molecule has 3 aromatic heterocycles. The lowest BCUT2D eigenvalue weighted by Crippen LogP contribution is -1.94. The summed E-state index contributed by atoms with van der Waals surface area (Å²) < 4.78 is 1.78. The highest BCUT2D eigenvalue weighted by atomic mass is 35.5. The first kappa shape index (κ1) is 15.8. The molecule has 5 rings (SSSR count). The Morgan fingerprint density at radius 1 is 1.08 bits per heavy atom. The van der Waals surface area contributed by atoms with Gasteiger partial charge in [-0.25, -0.2) is 4.98 Å². The number of thioether (sulfide) groups is 1. The number of rotatable bonds is 4. The van der Waals surface area contributed by atoms with Crippen molar-refractivity contribution in [3.05, 3.63) is 59.4 Å². The second-order valence-corrected chi connectivity index (χ2v) is 7.87. The number of aromatic nitrogens is 6. The van der Waals surface area contributed by atoms with E-state index >= 15 is 0 Å². The second-order valence-electron chi connectivity index (χ2n) is 5.55. The topological polar surface area (TPSA) is 71.8 Å². The third-order valence-corrected chi connectivity index (χ3v) is 6.00. The van der Waals surface area contributed by atoms with Crippen LogP contribution >= 0.6 is 34.7 Å². The number of para-hydroxylation sites is 2. The second kappa shape index (κ2) is 6.39. The van der Waals surface area contributed by atoms with Crippen molar-refractivity contribution in [1.29, 1.82) is 0 Å². The average molecular weight is 399 g/mol. The van der Waals surface area contributed by atoms with Crippen molar-refractivity contribution >= 4 is 50.7 Å². The van der Waals surface area contributed by atoms with Crippen LogP contribution in [0, 0.1) is 0 Å². The lowest BCUT2D eigenvalue weighted by Gasteiger charge is -1.98. The number of imidazole rings is 1. The van der Waals surface area contributed by atoms with Gasteiger partial charge in [0.05, 0.1) is 21.8 Å². The van der Waals surface area contributed by atoms with E-state index in [1.807, 2.05) is 48.5 Å². The molecule has 5 aromatic rings. The fourth-order valence-corrected chi connectivity index (χ4v) is 4.59. The number of nitrogens with zero attached hydrogens (tertiary/aromatic N) is 5. The van der Waals surface area contributed by atoms with E-state index in [4.69, 9.17) is 11.6 Å². The molecule has 0 radical (unpaired) electrons. The summed E-state index contributed by atoms with van der Waals surface area (Å²) in [6, 6.07) is 15.6. The molecule has 1 N–H and O–H groups in total. The Labute approximate surface area is 161 Å². The van der Waals surface area contributed by atoms with Crippen molar-refractivity contribution in [2.75, 3.05) is 0 Å². The summed E-state index contributed by atoms with van der Waals surface area (Å²) >= 11 is 9.33. The standard InChI is InChI=1S/C17H11ClN6S2/c18-11-6-2-1-5-10(11)15-23-24-14(21-22-17(24)26-15)9-25-16-19-12-7-3-4-8-13(12)20-16/h1-8H,9H2,(H,19,20). The molecule has 0 fully saturated rings. The minimum atomic E-state index is 0.618. The van der Waals surface area contributed by atoms with Crippen molar-refractivity contribution in [3.63, 3.8) is 0 Å². The zero-order valence-corrected chi connectivity index (χ0v) is 15.6. The summed E-state index contributed by atoms with van der Waals surface area (Å²) in [7, 11) is 0. The summed E-state index contributed by atoms with van der Waals surface area (Å²) in [5.41, 5.74) is 2.88. The van der Waals surface area contributed by atoms with Crippen LogP contribution < -0.4 is 0 Å². The van der Waals surface area contributed by atoms with Crippen molar-refractivity contribution in [2.24, 2.45) is 0 Å². The monoisotopic (exact) mass is 398 g/mol. The van der Waals surface area contributed by atoms with Crippen LogP contribution in [0.4, 0.5) is 0 Å². The molecule has 0 bridgehead atoms. The number of nitrogens with one attached hydrogen (secondary N) is 1. The van der Waals surface area contributed by atoms with Crippen molar-refractivity contribution in [2.45, 2.75) is 10.9 Å². The highest BCUT2D eigenvalue weighted by Gasteiger charge is 2.15. The molecule has 6 nitrogen and oxygen atoms in total.